The molecule has 1 saturated heterocycles. The third-order valence-electron chi connectivity index (χ3n) is 2.83. The van der Waals surface area contributed by atoms with Gasteiger partial charge >= 0.3 is 0 Å². The molecular formula is C11H15FN2O3S. The third-order valence-corrected chi connectivity index (χ3v) is 4.29. The highest BCUT2D eigenvalue weighted by molar-refractivity contribution is 7.89. The normalized spacial score (nSPS) is 20.2. The van der Waals surface area contributed by atoms with Crippen LogP contribution < -0.4 is 10.5 Å². The number of hydrogen-bond donors (Lipinski definition) is 2. The number of sulfonamides is 1. The molecule has 0 saturated carbocycles. The van der Waals surface area contributed by atoms with Gasteiger partial charge in [-0.3, -0.25) is 0 Å². The maximum Gasteiger partial charge on any atom is 0.243 e. The lowest BCUT2D eigenvalue weighted by Gasteiger charge is -2.11. The Labute approximate surface area is 105 Å². The number of ether oxygens (including phenoxy) is 1. The Morgan fingerprint density at radius 3 is 2.89 bits per heavy atom. The third kappa shape index (κ3) is 2.98. The average Bonchev–Trinajstić information content (AvgIpc) is 2.78. The minimum atomic E-state index is -3.83. The summed E-state index contributed by atoms with van der Waals surface area (Å²) in [6.07, 6.45) is 0.812. The van der Waals surface area contributed by atoms with E-state index in [4.69, 9.17) is 10.5 Å². The van der Waals surface area contributed by atoms with Gasteiger partial charge in [0.25, 0.3) is 0 Å². The summed E-state index contributed by atoms with van der Waals surface area (Å²) in [7, 11) is -3.83. The molecular weight excluding hydrogens is 259 g/mol. The zero-order chi connectivity index (χ0) is 13.2. The molecule has 100 valence electrons. The molecule has 2 rings (SSSR count). The standard InChI is InChI=1S/C11H15FN2O3S/c12-10-5-9(13)1-2-11(10)18(15,16)14-6-8-3-4-17-7-8/h1-2,5,8,14H,3-4,6-7,13H2. The number of anilines is 1. The molecule has 18 heavy (non-hydrogen) atoms. The SMILES string of the molecule is Nc1ccc(S(=O)(=O)NCC2CCOC2)c(F)c1. The molecule has 0 radical (unpaired) electrons. The largest absolute Gasteiger partial charge is 0.399 e. The van der Waals surface area contributed by atoms with E-state index in [0.717, 1.165) is 18.6 Å². The van der Waals surface area contributed by atoms with Crippen LogP contribution in [0.25, 0.3) is 0 Å². The van der Waals surface area contributed by atoms with Gasteiger partial charge in [0.05, 0.1) is 6.61 Å². The average molecular weight is 274 g/mol. The molecule has 1 aromatic carbocycles. The molecule has 5 nitrogen and oxygen atoms in total. The van der Waals surface area contributed by atoms with Crippen molar-refractivity contribution >= 4 is 15.7 Å². The molecule has 1 aliphatic heterocycles. The van der Waals surface area contributed by atoms with Gasteiger partial charge in [-0.1, -0.05) is 0 Å². The predicted octanol–water partition coefficient (Wildman–Crippen LogP) is 0.723. The first-order valence-corrected chi connectivity index (χ1v) is 7.10. The number of nitrogens with one attached hydrogen (secondary N) is 1. The zero-order valence-corrected chi connectivity index (χ0v) is 10.5. The van der Waals surface area contributed by atoms with Crippen molar-refractivity contribution in [3.05, 3.63) is 24.0 Å². The van der Waals surface area contributed by atoms with E-state index in [9.17, 15) is 12.8 Å². The van der Waals surface area contributed by atoms with Gasteiger partial charge in [-0.2, -0.15) is 0 Å². The second kappa shape index (κ2) is 5.21. The van der Waals surface area contributed by atoms with E-state index in [1.807, 2.05) is 0 Å². The molecule has 0 aromatic heterocycles. The fraction of sp³-hybridized carbons (Fsp3) is 0.455. The summed E-state index contributed by atoms with van der Waals surface area (Å²) in [6.45, 7) is 1.43. The molecule has 1 atom stereocenters. The van der Waals surface area contributed by atoms with Crippen LogP contribution in [0.1, 0.15) is 6.42 Å². The van der Waals surface area contributed by atoms with E-state index in [1.165, 1.54) is 6.07 Å². The van der Waals surface area contributed by atoms with E-state index in [0.29, 0.717) is 13.2 Å². The van der Waals surface area contributed by atoms with Crippen molar-refractivity contribution in [2.24, 2.45) is 5.92 Å². The molecule has 1 aromatic rings. The minimum Gasteiger partial charge on any atom is -0.399 e. The van der Waals surface area contributed by atoms with Crippen molar-refractivity contribution in [3.63, 3.8) is 0 Å². The van der Waals surface area contributed by atoms with Crippen molar-refractivity contribution in [1.82, 2.24) is 4.72 Å². The van der Waals surface area contributed by atoms with Crippen molar-refractivity contribution in [2.45, 2.75) is 11.3 Å². The van der Waals surface area contributed by atoms with Crippen molar-refractivity contribution in [3.8, 4) is 0 Å². The van der Waals surface area contributed by atoms with Gasteiger partial charge in [-0.05, 0) is 30.5 Å². The molecule has 1 heterocycles. The molecule has 1 unspecified atom stereocenters. The highest BCUT2D eigenvalue weighted by Gasteiger charge is 2.22. The number of rotatable bonds is 4. The summed E-state index contributed by atoms with van der Waals surface area (Å²) < 4.78 is 44.8. The summed E-state index contributed by atoms with van der Waals surface area (Å²) in [5.74, 6) is -0.693. The number of hydrogen-bond acceptors (Lipinski definition) is 4. The molecule has 3 N–H and O–H groups in total. The van der Waals surface area contributed by atoms with Crippen LogP contribution in [-0.4, -0.2) is 28.2 Å². The van der Waals surface area contributed by atoms with Gasteiger partial charge in [-0.15, -0.1) is 0 Å². The van der Waals surface area contributed by atoms with Crippen LogP contribution in [-0.2, 0) is 14.8 Å². The van der Waals surface area contributed by atoms with Crippen LogP contribution in [0.3, 0.4) is 0 Å². The maximum absolute atomic E-state index is 13.5. The van der Waals surface area contributed by atoms with Gasteiger partial charge < -0.3 is 10.5 Å². The Bertz CT molecular complexity index is 527. The Morgan fingerprint density at radius 1 is 1.50 bits per heavy atom. The molecule has 7 heteroatoms. The Balaban J connectivity index is 2.09. The van der Waals surface area contributed by atoms with Crippen LogP contribution in [0.15, 0.2) is 23.1 Å². The smallest absolute Gasteiger partial charge is 0.243 e. The Kier molecular flexibility index (Phi) is 3.84. The lowest BCUT2D eigenvalue weighted by molar-refractivity contribution is 0.186. The molecule has 1 aliphatic rings. The highest BCUT2D eigenvalue weighted by Crippen LogP contribution is 2.18. The van der Waals surface area contributed by atoms with Crippen LogP contribution in [0.5, 0.6) is 0 Å². The first-order chi connectivity index (χ1) is 8.49. The summed E-state index contributed by atoms with van der Waals surface area (Å²) in [5.41, 5.74) is 5.56. The molecule has 0 aliphatic carbocycles. The fourth-order valence-electron chi connectivity index (χ4n) is 1.78. The van der Waals surface area contributed by atoms with Gasteiger partial charge in [0.2, 0.25) is 10.0 Å². The van der Waals surface area contributed by atoms with Crippen molar-refractivity contribution < 1.29 is 17.5 Å². The second-order valence-corrected chi connectivity index (χ2v) is 6.01. The quantitative estimate of drug-likeness (QED) is 0.793. The molecule has 0 spiro atoms. The number of benzene rings is 1. The summed E-state index contributed by atoms with van der Waals surface area (Å²) in [6, 6.07) is 3.52. The predicted molar refractivity (Wildman–Crippen MR) is 64.9 cm³/mol. The van der Waals surface area contributed by atoms with E-state index in [-0.39, 0.29) is 23.0 Å². The Hall–Kier alpha value is -1.18. The molecule has 0 bridgehead atoms. The van der Waals surface area contributed by atoms with Crippen molar-refractivity contribution in [2.75, 3.05) is 25.5 Å². The first kappa shape index (κ1) is 13.3. The lowest BCUT2D eigenvalue weighted by atomic mass is 10.1. The van der Waals surface area contributed by atoms with Crippen LogP contribution in [0.4, 0.5) is 10.1 Å². The fourth-order valence-corrected chi connectivity index (χ4v) is 2.96. The molecule has 0 amide bonds. The number of halogens is 1. The molecule has 1 fully saturated rings. The second-order valence-electron chi connectivity index (χ2n) is 4.27. The number of nitrogen functional groups attached to an aromatic ring is 1. The lowest BCUT2D eigenvalue weighted by Crippen LogP contribution is -2.30. The van der Waals surface area contributed by atoms with E-state index in [1.54, 1.807) is 0 Å². The monoisotopic (exact) mass is 274 g/mol. The van der Waals surface area contributed by atoms with Crippen LogP contribution in [0.2, 0.25) is 0 Å². The van der Waals surface area contributed by atoms with Gasteiger partial charge in [-0.25, -0.2) is 17.5 Å². The summed E-state index contributed by atoms with van der Waals surface area (Å²) >= 11 is 0. The Morgan fingerprint density at radius 2 is 2.28 bits per heavy atom. The number of nitrogens with two attached hydrogens (primary N) is 1. The van der Waals surface area contributed by atoms with Crippen LogP contribution >= 0.6 is 0 Å². The van der Waals surface area contributed by atoms with Gasteiger partial charge in [0.1, 0.15) is 10.7 Å². The minimum absolute atomic E-state index is 0.150. The topological polar surface area (TPSA) is 81.4 Å². The maximum atomic E-state index is 13.5. The zero-order valence-electron chi connectivity index (χ0n) is 9.73. The van der Waals surface area contributed by atoms with E-state index >= 15 is 0 Å². The van der Waals surface area contributed by atoms with Crippen LogP contribution in [0, 0.1) is 11.7 Å². The van der Waals surface area contributed by atoms with E-state index < -0.39 is 15.8 Å². The van der Waals surface area contributed by atoms with Gasteiger partial charge in [0.15, 0.2) is 0 Å². The summed E-state index contributed by atoms with van der Waals surface area (Å²) in [4.78, 5) is -0.379. The first-order valence-electron chi connectivity index (χ1n) is 5.61. The summed E-state index contributed by atoms with van der Waals surface area (Å²) in [5, 5.41) is 0. The van der Waals surface area contributed by atoms with Crippen molar-refractivity contribution in [1.29, 1.82) is 0 Å². The highest BCUT2D eigenvalue weighted by atomic mass is 32.2. The van der Waals surface area contributed by atoms with Gasteiger partial charge in [0, 0.05) is 18.8 Å². The van der Waals surface area contributed by atoms with E-state index in [2.05, 4.69) is 4.72 Å².